The molecule has 4 N–H and O–H groups in total. The fourth-order valence-corrected chi connectivity index (χ4v) is 7.76. The molecule has 1 heterocycles. The van der Waals surface area contributed by atoms with Crippen molar-refractivity contribution in [2.45, 2.75) is 121 Å². The van der Waals surface area contributed by atoms with Crippen LogP contribution >= 0.6 is 11.6 Å². The number of aliphatic hydroxyl groups excluding tert-OH is 1. The second-order valence-electron chi connectivity index (χ2n) is 14.5. The van der Waals surface area contributed by atoms with Crippen molar-refractivity contribution in [2.24, 2.45) is 11.8 Å². The number of hydrogen-bond acceptors (Lipinski definition) is 6. The van der Waals surface area contributed by atoms with Crippen LogP contribution in [0.3, 0.4) is 0 Å². The molecule has 3 rings (SSSR count). The average Bonchev–Trinajstić information content (AvgIpc) is 3.02. The van der Waals surface area contributed by atoms with Gasteiger partial charge in [-0.2, -0.15) is 0 Å². The Labute approximate surface area is 280 Å². The summed E-state index contributed by atoms with van der Waals surface area (Å²) in [6, 6.07) is 3.92. The number of piperidine rings is 1. The van der Waals surface area contributed by atoms with Crippen LogP contribution in [0.15, 0.2) is 18.2 Å². The summed E-state index contributed by atoms with van der Waals surface area (Å²) in [7, 11) is 0.243. The Morgan fingerprint density at radius 3 is 2.50 bits per heavy atom. The van der Waals surface area contributed by atoms with E-state index < -0.39 is 49.7 Å². The number of aliphatic hydroxyl groups is 2. The fourth-order valence-electron chi connectivity index (χ4n) is 6.87. The number of carbonyl (C=O) groups is 2. The van der Waals surface area contributed by atoms with E-state index in [2.05, 4.69) is 30.3 Å². The molecule has 0 radical (unpaired) electrons. The molecule has 3 amide bonds. The molecular formula is C34H57ClFN3O6Si. The minimum atomic E-state index is -1.53. The molecule has 2 aliphatic rings. The van der Waals surface area contributed by atoms with E-state index in [1.165, 1.54) is 6.07 Å². The smallest absolute Gasteiger partial charge is 0.407 e. The van der Waals surface area contributed by atoms with Crippen LogP contribution in [0.1, 0.15) is 76.7 Å². The van der Waals surface area contributed by atoms with Crippen molar-refractivity contribution in [1.29, 1.82) is 0 Å². The van der Waals surface area contributed by atoms with Crippen molar-refractivity contribution < 1.29 is 33.7 Å². The zero-order valence-electron chi connectivity index (χ0n) is 28.5. The summed E-state index contributed by atoms with van der Waals surface area (Å²) in [4.78, 5) is 28.0. The Morgan fingerprint density at radius 2 is 1.83 bits per heavy atom. The third kappa shape index (κ3) is 11.1. The number of unbranched alkanes of at least 4 members (excludes halogenated alkanes) is 1. The van der Waals surface area contributed by atoms with Crippen molar-refractivity contribution in [3.05, 3.63) is 34.6 Å². The van der Waals surface area contributed by atoms with Crippen LogP contribution in [0.25, 0.3) is 0 Å². The predicted octanol–water partition coefficient (Wildman–Crippen LogP) is 6.67. The number of nitrogens with zero attached hydrogens (tertiary/aromatic N) is 1. The maximum Gasteiger partial charge on any atom is 0.407 e. The summed E-state index contributed by atoms with van der Waals surface area (Å²) < 4.78 is 26.0. The number of carbonyl (C=O) groups excluding carboxylic acids is 2. The van der Waals surface area contributed by atoms with Gasteiger partial charge in [-0.15, -0.1) is 0 Å². The van der Waals surface area contributed by atoms with Crippen molar-refractivity contribution in [3.8, 4) is 0 Å². The van der Waals surface area contributed by atoms with Gasteiger partial charge in [0.05, 0.1) is 35.4 Å². The summed E-state index contributed by atoms with van der Waals surface area (Å²) in [5.41, 5.74) is -1.38. The largest absolute Gasteiger partial charge is 0.450 e. The van der Waals surface area contributed by atoms with E-state index in [9.17, 15) is 19.8 Å². The Bertz CT molecular complexity index is 1120. The molecule has 46 heavy (non-hydrogen) atoms. The minimum Gasteiger partial charge on any atom is -0.450 e. The van der Waals surface area contributed by atoms with Crippen LogP contribution in [0.2, 0.25) is 30.7 Å². The Balaban J connectivity index is 1.70. The topological polar surface area (TPSA) is 120 Å². The van der Waals surface area contributed by atoms with Gasteiger partial charge in [-0.3, -0.25) is 0 Å². The Morgan fingerprint density at radius 1 is 1.11 bits per heavy atom. The number of urea groups is 1. The molecule has 5 atom stereocenters. The summed E-state index contributed by atoms with van der Waals surface area (Å²) in [6.45, 7) is 9.96. The lowest BCUT2D eigenvalue weighted by atomic mass is 9.74. The van der Waals surface area contributed by atoms with Gasteiger partial charge in [0.15, 0.2) is 0 Å². The van der Waals surface area contributed by atoms with Crippen LogP contribution in [0, 0.1) is 17.7 Å². The van der Waals surface area contributed by atoms with E-state index in [0.717, 1.165) is 38.1 Å². The number of rotatable bonds is 15. The molecule has 1 unspecified atom stereocenters. The lowest BCUT2D eigenvalue weighted by Gasteiger charge is -2.43. The molecule has 1 aliphatic carbocycles. The first-order valence-corrected chi connectivity index (χ1v) is 21.2. The van der Waals surface area contributed by atoms with Crippen molar-refractivity contribution in [1.82, 2.24) is 15.5 Å². The van der Waals surface area contributed by atoms with Gasteiger partial charge in [0.25, 0.3) is 0 Å². The number of methoxy groups -OCH3 is 1. The molecule has 1 saturated heterocycles. The van der Waals surface area contributed by atoms with Crippen LogP contribution in [0.4, 0.5) is 14.0 Å². The number of benzene rings is 1. The first-order chi connectivity index (χ1) is 21.8. The molecule has 9 nitrogen and oxygen atoms in total. The number of nitrogens with one attached hydrogen (secondary N) is 2. The van der Waals surface area contributed by atoms with Crippen molar-refractivity contribution >= 4 is 31.8 Å². The highest BCUT2D eigenvalue weighted by molar-refractivity contribution is 6.76. The van der Waals surface area contributed by atoms with E-state index in [4.69, 9.17) is 21.1 Å². The molecule has 0 bridgehead atoms. The summed E-state index contributed by atoms with van der Waals surface area (Å²) >= 11 is 6.13. The maximum absolute atomic E-state index is 15.3. The molecule has 1 aliphatic heterocycles. The van der Waals surface area contributed by atoms with Gasteiger partial charge in [-0.05, 0) is 69.9 Å². The normalized spacial score (nSPS) is 21.2. The quantitative estimate of drug-likeness (QED) is 0.121. The third-order valence-corrected chi connectivity index (χ3v) is 11.7. The summed E-state index contributed by atoms with van der Waals surface area (Å²) in [5, 5.41) is 29.4. The van der Waals surface area contributed by atoms with Gasteiger partial charge in [0.2, 0.25) is 0 Å². The van der Waals surface area contributed by atoms with E-state index in [-0.39, 0.29) is 29.1 Å². The van der Waals surface area contributed by atoms with Gasteiger partial charge in [-0.1, -0.05) is 62.6 Å². The zero-order valence-corrected chi connectivity index (χ0v) is 30.2. The molecule has 2 fully saturated rings. The SMILES string of the molecule is COCCCC[C@@](O)(c1cccc(Cl)c1F)[C@@H]1CCCN(C(=O)N[C@@H](C)[C@H](O)C(NC(=O)OCC[Si](C)(C)C)C2CCCCC2)C1. The number of amides is 3. The van der Waals surface area contributed by atoms with E-state index in [1.807, 2.05) is 0 Å². The van der Waals surface area contributed by atoms with E-state index >= 15 is 4.39 Å². The molecule has 0 spiro atoms. The molecule has 1 aromatic rings. The Hall–Kier alpha value is -1.92. The first-order valence-electron chi connectivity index (χ1n) is 17.1. The highest BCUT2D eigenvalue weighted by Gasteiger charge is 2.43. The molecule has 1 aromatic carbocycles. The van der Waals surface area contributed by atoms with Gasteiger partial charge < -0.3 is 35.2 Å². The molecular weight excluding hydrogens is 629 g/mol. The number of hydrogen-bond donors (Lipinski definition) is 4. The van der Waals surface area contributed by atoms with Crippen LogP contribution < -0.4 is 10.6 Å². The maximum atomic E-state index is 15.3. The van der Waals surface area contributed by atoms with Crippen LogP contribution in [-0.2, 0) is 15.1 Å². The summed E-state index contributed by atoms with van der Waals surface area (Å²) in [6.07, 6.45) is 6.23. The highest BCUT2D eigenvalue weighted by atomic mass is 35.5. The molecule has 262 valence electrons. The number of ether oxygens (including phenoxy) is 2. The third-order valence-electron chi connectivity index (χ3n) is 9.72. The Kier molecular flexibility index (Phi) is 15.1. The van der Waals surface area contributed by atoms with Gasteiger partial charge >= 0.3 is 12.1 Å². The fraction of sp³-hybridized carbons (Fsp3) is 0.765. The lowest BCUT2D eigenvalue weighted by Crippen LogP contribution is -2.59. The van der Waals surface area contributed by atoms with E-state index in [1.54, 1.807) is 31.1 Å². The minimum absolute atomic E-state index is 0.0536. The summed E-state index contributed by atoms with van der Waals surface area (Å²) in [5.74, 6) is -0.991. The first kappa shape index (κ1) is 38.5. The average molecular weight is 686 g/mol. The van der Waals surface area contributed by atoms with Crippen molar-refractivity contribution in [2.75, 3.05) is 33.4 Å². The predicted molar refractivity (Wildman–Crippen MR) is 182 cm³/mol. The van der Waals surface area contributed by atoms with Crippen LogP contribution in [0.5, 0.6) is 0 Å². The van der Waals surface area contributed by atoms with Crippen molar-refractivity contribution in [3.63, 3.8) is 0 Å². The van der Waals surface area contributed by atoms with Gasteiger partial charge in [0, 0.05) is 46.4 Å². The lowest BCUT2D eigenvalue weighted by molar-refractivity contribution is -0.0589. The second-order valence-corrected chi connectivity index (χ2v) is 20.5. The molecule has 1 saturated carbocycles. The standard InChI is InChI=1S/C34H57ClFN3O6Si/c1-24(31(40)30(25-13-7-6-8-14-25)38-33(42)45-21-22-46(3,4)5)37-32(41)39-19-12-15-26(23-39)34(43,18-9-10-20-44-2)27-16-11-17-28(35)29(27)36/h11,16-17,24-26,30-31,40,43H,6-10,12-15,18-23H2,1-5H3,(H,37,41)(H,38,42)/t24-,26+,30?,31-,34-/m0/s1. The highest BCUT2D eigenvalue weighted by Crippen LogP contribution is 2.42. The molecule has 0 aromatic heterocycles. The van der Waals surface area contributed by atoms with Crippen LogP contribution in [-0.4, -0.2) is 86.9 Å². The number of likely N-dealkylation sites (tertiary alicyclic amines) is 1. The van der Waals surface area contributed by atoms with Gasteiger partial charge in [0.1, 0.15) is 5.82 Å². The molecule has 12 heteroatoms. The monoisotopic (exact) mass is 685 g/mol. The van der Waals surface area contributed by atoms with Gasteiger partial charge in [-0.25, -0.2) is 14.0 Å². The number of halogens is 2. The second kappa shape index (κ2) is 18.0. The zero-order chi connectivity index (χ0) is 33.9. The van der Waals surface area contributed by atoms with E-state index in [0.29, 0.717) is 51.9 Å². The number of alkyl carbamates (subject to hydrolysis) is 1.